The fourth-order valence-corrected chi connectivity index (χ4v) is 2.57. The number of amides is 1. The predicted molar refractivity (Wildman–Crippen MR) is 85.9 cm³/mol. The molecule has 9 heteroatoms. The van der Waals surface area contributed by atoms with Gasteiger partial charge in [-0.1, -0.05) is 18.5 Å². The SMILES string of the molecule is CCCNC(=O)C(C)OC(=O)c1cc(S(=O)(=O)NC)ccc1Cl. The van der Waals surface area contributed by atoms with Crippen LogP contribution in [0.5, 0.6) is 0 Å². The summed E-state index contributed by atoms with van der Waals surface area (Å²) in [5.74, 6) is -1.31. The third-order valence-corrected chi connectivity index (χ3v) is 4.68. The van der Waals surface area contributed by atoms with Gasteiger partial charge >= 0.3 is 5.97 Å². The van der Waals surface area contributed by atoms with E-state index in [-0.39, 0.29) is 15.5 Å². The summed E-state index contributed by atoms with van der Waals surface area (Å²) in [6.45, 7) is 3.78. The van der Waals surface area contributed by atoms with Crippen molar-refractivity contribution in [2.75, 3.05) is 13.6 Å². The van der Waals surface area contributed by atoms with Crippen molar-refractivity contribution in [3.8, 4) is 0 Å². The van der Waals surface area contributed by atoms with Crippen molar-refractivity contribution >= 4 is 33.5 Å². The fraction of sp³-hybridized carbons (Fsp3) is 0.429. The Morgan fingerprint density at radius 3 is 2.57 bits per heavy atom. The molecule has 1 aromatic rings. The molecule has 0 saturated heterocycles. The van der Waals surface area contributed by atoms with Crippen LogP contribution in [0.4, 0.5) is 0 Å². The first kappa shape index (κ1) is 19.4. The van der Waals surface area contributed by atoms with Gasteiger partial charge in [0, 0.05) is 6.54 Å². The van der Waals surface area contributed by atoms with Crippen LogP contribution < -0.4 is 10.0 Å². The minimum absolute atomic E-state index is 0.0335. The molecule has 1 rings (SSSR count). The molecule has 1 unspecified atom stereocenters. The zero-order valence-corrected chi connectivity index (χ0v) is 14.6. The van der Waals surface area contributed by atoms with Gasteiger partial charge in [-0.15, -0.1) is 0 Å². The third kappa shape index (κ3) is 5.19. The van der Waals surface area contributed by atoms with Crippen molar-refractivity contribution in [1.29, 1.82) is 0 Å². The maximum atomic E-state index is 12.1. The van der Waals surface area contributed by atoms with Gasteiger partial charge in [-0.25, -0.2) is 17.9 Å². The van der Waals surface area contributed by atoms with Crippen LogP contribution in [0.25, 0.3) is 0 Å². The highest BCUT2D eigenvalue weighted by Crippen LogP contribution is 2.21. The van der Waals surface area contributed by atoms with Gasteiger partial charge < -0.3 is 10.1 Å². The van der Waals surface area contributed by atoms with Crippen molar-refractivity contribution in [3.05, 3.63) is 28.8 Å². The van der Waals surface area contributed by atoms with Gasteiger partial charge in [-0.2, -0.15) is 0 Å². The maximum absolute atomic E-state index is 12.1. The van der Waals surface area contributed by atoms with Crippen molar-refractivity contribution in [2.45, 2.75) is 31.3 Å². The van der Waals surface area contributed by atoms with E-state index in [0.29, 0.717) is 6.54 Å². The topological polar surface area (TPSA) is 102 Å². The van der Waals surface area contributed by atoms with Gasteiger partial charge in [-0.3, -0.25) is 4.79 Å². The Morgan fingerprint density at radius 1 is 1.35 bits per heavy atom. The number of hydrogen-bond donors (Lipinski definition) is 2. The summed E-state index contributed by atoms with van der Waals surface area (Å²) in [5, 5.41) is 2.63. The van der Waals surface area contributed by atoms with Crippen molar-refractivity contribution < 1.29 is 22.7 Å². The zero-order valence-electron chi connectivity index (χ0n) is 13.1. The average molecular weight is 363 g/mol. The molecule has 1 aromatic carbocycles. The maximum Gasteiger partial charge on any atom is 0.340 e. The molecular formula is C14H19ClN2O5S. The first-order valence-electron chi connectivity index (χ1n) is 6.94. The van der Waals surface area contributed by atoms with Gasteiger partial charge in [-0.05, 0) is 38.6 Å². The molecule has 0 heterocycles. The molecule has 0 saturated carbocycles. The molecule has 0 aromatic heterocycles. The highest BCUT2D eigenvalue weighted by Gasteiger charge is 2.22. The molecule has 0 aliphatic carbocycles. The average Bonchev–Trinajstić information content (AvgIpc) is 2.52. The standard InChI is InChI=1S/C14H19ClN2O5S/c1-4-7-17-13(18)9(2)22-14(19)11-8-10(5-6-12(11)15)23(20,21)16-3/h5-6,8-9,16H,4,7H2,1-3H3,(H,17,18). The summed E-state index contributed by atoms with van der Waals surface area (Å²) in [5.41, 5.74) is -0.127. The van der Waals surface area contributed by atoms with Crippen LogP contribution in [-0.2, 0) is 19.6 Å². The van der Waals surface area contributed by atoms with E-state index in [1.807, 2.05) is 6.92 Å². The summed E-state index contributed by atoms with van der Waals surface area (Å²) in [6, 6.07) is 3.65. The molecule has 23 heavy (non-hydrogen) atoms. The number of esters is 1. The van der Waals surface area contributed by atoms with Gasteiger partial charge in [0.05, 0.1) is 15.5 Å². The lowest BCUT2D eigenvalue weighted by atomic mass is 10.2. The van der Waals surface area contributed by atoms with E-state index in [0.717, 1.165) is 12.5 Å². The molecule has 0 aliphatic heterocycles. The largest absolute Gasteiger partial charge is 0.449 e. The first-order chi connectivity index (χ1) is 10.7. The molecule has 1 amide bonds. The molecule has 1 atom stereocenters. The van der Waals surface area contributed by atoms with Crippen LogP contribution in [0.1, 0.15) is 30.6 Å². The second-order valence-electron chi connectivity index (χ2n) is 4.69. The van der Waals surface area contributed by atoms with Crippen LogP contribution in [0.2, 0.25) is 5.02 Å². The summed E-state index contributed by atoms with van der Waals surface area (Å²) in [7, 11) is -2.47. The first-order valence-corrected chi connectivity index (χ1v) is 8.80. The monoisotopic (exact) mass is 362 g/mol. The molecular weight excluding hydrogens is 344 g/mol. The molecule has 128 valence electrons. The summed E-state index contributed by atoms with van der Waals surface area (Å²) in [4.78, 5) is 23.7. The normalized spacial score (nSPS) is 12.5. The molecule has 0 aliphatic rings. The van der Waals surface area contributed by atoms with Crippen LogP contribution >= 0.6 is 11.6 Å². The Morgan fingerprint density at radius 2 is 2.00 bits per heavy atom. The Balaban J connectivity index is 2.96. The smallest absolute Gasteiger partial charge is 0.340 e. The van der Waals surface area contributed by atoms with Crippen molar-refractivity contribution in [3.63, 3.8) is 0 Å². The van der Waals surface area contributed by atoms with Crippen molar-refractivity contribution in [2.24, 2.45) is 0 Å². The van der Waals surface area contributed by atoms with E-state index in [2.05, 4.69) is 10.0 Å². The molecule has 0 bridgehead atoms. The van der Waals surface area contributed by atoms with Crippen LogP contribution in [0.15, 0.2) is 23.1 Å². The van der Waals surface area contributed by atoms with Gasteiger partial charge in [0.2, 0.25) is 10.0 Å². The number of hydrogen-bond acceptors (Lipinski definition) is 5. The lowest BCUT2D eigenvalue weighted by molar-refractivity contribution is -0.129. The van der Waals surface area contributed by atoms with Gasteiger partial charge in [0.25, 0.3) is 5.91 Å². The minimum atomic E-state index is -3.72. The third-order valence-electron chi connectivity index (χ3n) is 2.94. The second-order valence-corrected chi connectivity index (χ2v) is 6.98. The van der Waals surface area contributed by atoms with E-state index < -0.39 is 28.0 Å². The summed E-state index contributed by atoms with van der Waals surface area (Å²) < 4.78 is 30.7. The summed E-state index contributed by atoms with van der Waals surface area (Å²) >= 11 is 5.91. The van der Waals surface area contributed by atoms with E-state index in [1.165, 1.54) is 26.1 Å². The van der Waals surface area contributed by atoms with E-state index in [9.17, 15) is 18.0 Å². The Bertz CT molecular complexity index is 690. The highest BCUT2D eigenvalue weighted by atomic mass is 35.5. The number of nitrogens with one attached hydrogen (secondary N) is 2. The number of carbonyl (C=O) groups excluding carboxylic acids is 2. The number of sulfonamides is 1. The number of rotatable bonds is 7. The van der Waals surface area contributed by atoms with Crippen molar-refractivity contribution in [1.82, 2.24) is 10.0 Å². The van der Waals surface area contributed by atoms with Crippen LogP contribution in [0, 0.1) is 0 Å². The van der Waals surface area contributed by atoms with Crippen LogP contribution in [-0.4, -0.2) is 40.0 Å². The second kappa shape index (κ2) is 8.28. The Kier molecular flexibility index (Phi) is 6.99. The Labute approximate surface area is 140 Å². The highest BCUT2D eigenvalue weighted by molar-refractivity contribution is 7.89. The lowest BCUT2D eigenvalue weighted by Gasteiger charge is -2.14. The predicted octanol–water partition coefficient (Wildman–Crippen LogP) is 1.32. The number of halogens is 1. The summed E-state index contributed by atoms with van der Waals surface area (Å²) in [6.07, 6.45) is -0.267. The zero-order chi connectivity index (χ0) is 17.6. The molecule has 0 fully saturated rings. The molecule has 2 N–H and O–H groups in total. The number of carbonyl (C=O) groups is 2. The lowest BCUT2D eigenvalue weighted by Crippen LogP contribution is -2.36. The Hall–Kier alpha value is -1.64. The van der Waals surface area contributed by atoms with Gasteiger partial charge in [0.1, 0.15) is 0 Å². The minimum Gasteiger partial charge on any atom is -0.449 e. The van der Waals surface area contributed by atoms with Crippen LogP contribution in [0.3, 0.4) is 0 Å². The van der Waals surface area contributed by atoms with Gasteiger partial charge in [0.15, 0.2) is 6.10 Å². The fourth-order valence-electron chi connectivity index (χ4n) is 1.62. The van der Waals surface area contributed by atoms with E-state index in [4.69, 9.17) is 16.3 Å². The molecule has 7 nitrogen and oxygen atoms in total. The number of ether oxygens (including phenoxy) is 1. The van der Waals surface area contributed by atoms with E-state index >= 15 is 0 Å². The van der Waals surface area contributed by atoms with E-state index in [1.54, 1.807) is 0 Å². The molecule has 0 spiro atoms. The quantitative estimate of drug-likeness (QED) is 0.712. The molecule has 0 radical (unpaired) electrons. The number of benzene rings is 1.